The molecule has 21 heavy (non-hydrogen) atoms. The summed E-state index contributed by atoms with van der Waals surface area (Å²) in [6.07, 6.45) is 3.66. The fourth-order valence-electron chi connectivity index (χ4n) is 4.07. The van der Waals surface area contributed by atoms with Crippen molar-refractivity contribution in [2.45, 2.75) is 26.2 Å². The number of anilines is 1. The highest BCUT2D eigenvalue weighted by Crippen LogP contribution is 2.35. The molecular weight excluding hydrogens is 260 g/mol. The van der Waals surface area contributed by atoms with Gasteiger partial charge in [0.2, 0.25) is 0 Å². The van der Waals surface area contributed by atoms with E-state index >= 15 is 0 Å². The summed E-state index contributed by atoms with van der Waals surface area (Å²) in [5.41, 5.74) is 3.21. The van der Waals surface area contributed by atoms with Gasteiger partial charge in [0.15, 0.2) is 0 Å². The molecule has 2 unspecified atom stereocenters. The van der Waals surface area contributed by atoms with E-state index in [0.717, 1.165) is 32.2 Å². The fourth-order valence-corrected chi connectivity index (χ4v) is 4.07. The molecule has 0 saturated carbocycles. The zero-order valence-electron chi connectivity index (χ0n) is 13.4. The molecule has 1 aromatic rings. The molecular formula is C18H28N2O. The number of fused-ring (bicyclic) bond motifs is 1. The van der Waals surface area contributed by atoms with Crippen LogP contribution in [-0.2, 0) is 11.2 Å². The van der Waals surface area contributed by atoms with Crippen molar-refractivity contribution in [3.05, 3.63) is 29.8 Å². The quantitative estimate of drug-likeness (QED) is 0.922. The highest BCUT2D eigenvalue weighted by Gasteiger charge is 2.36. The molecule has 1 fully saturated rings. The smallest absolute Gasteiger partial charge is 0.0551 e. The van der Waals surface area contributed by atoms with E-state index in [1.165, 1.54) is 37.1 Å². The van der Waals surface area contributed by atoms with Crippen LogP contribution in [-0.4, -0.2) is 39.9 Å². The van der Waals surface area contributed by atoms with Gasteiger partial charge >= 0.3 is 0 Å². The topological polar surface area (TPSA) is 24.5 Å². The summed E-state index contributed by atoms with van der Waals surface area (Å²) in [6, 6.07) is 8.92. The number of hydrogen-bond acceptors (Lipinski definition) is 3. The van der Waals surface area contributed by atoms with Gasteiger partial charge in [0.1, 0.15) is 0 Å². The van der Waals surface area contributed by atoms with Crippen LogP contribution in [0.15, 0.2) is 24.3 Å². The van der Waals surface area contributed by atoms with Gasteiger partial charge in [-0.2, -0.15) is 0 Å². The average Bonchev–Trinajstić information content (AvgIpc) is 2.48. The molecule has 2 atom stereocenters. The number of ether oxygens (including phenoxy) is 1. The number of nitrogens with one attached hydrogen (secondary N) is 1. The SMILES string of the molecule is CNCC1(CN2CC(C)Cc3ccccc32)CCCOC1. The first kappa shape index (κ1) is 14.9. The Hall–Kier alpha value is -1.06. The molecule has 1 saturated heterocycles. The van der Waals surface area contributed by atoms with Gasteiger partial charge in [-0.25, -0.2) is 0 Å². The number of para-hydroxylation sites is 1. The second-order valence-corrected chi connectivity index (χ2v) is 7.01. The van der Waals surface area contributed by atoms with E-state index in [1.54, 1.807) is 0 Å². The minimum absolute atomic E-state index is 0.261. The van der Waals surface area contributed by atoms with Crippen LogP contribution in [0.5, 0.6) is 0 Å². The Kier molecular flexibility index (Phi) is 4.51. The van der Waals surface area contributed by atoms with E-state index < -0.39 is 0 Å². The Morgan fingerprint density at radius 3 is 3.00 bits per heavy atom. The van der Waals surface area contributed by atoms with Crippen molar-refractivity contribution in [2.24, 2.45) is 11.3 Å². The molecule has 0 aromatic heterocycles. The first-order valence-electron chi connectivity index (χ1n) is 8.28. The molecule has 3 heteroatoms. The lowest BCUT2D eigenvalue weighted by atomic mass is 9.80. The van der Waals surface area contributed by atoms with E-state index in [0.29, 0.717) is 0 Å². The van der Waals surface area contributed by atoms with Gasteiger partial charge in [-0.05, 0) is 43.9 Å². The summed E-state index contributed by atoms with van der Waals surface area (Å²) in [5.74, 6) is 0.732. The zero-order valence-corrected chi connectivity index (χ0v) is 13.4. The van der Waals surface area contributed by atoms with Crippen LogP contribution in [0.4, 0.5) is 5.69 Å². The summed E-state index contributed by atoms with van der Waals surface area (Å²) < 4.78 is 5.83. The molecule has 3 nitrogen and oxygen atoms in total. The van der Waals surface area contributed by atoms with Crippen molar-refractivity contribution in [3.8, 4) is 0 Å². The molecule has 116 valence electrons. The van der Waals surface area contributed by atoms with Gasteiger partial charge in [-0.15, -0.1) is 0 Å². The maximum absolute atomic E-state index is 5.83. The molecule has 2 aliphatic rings. The molecule has 3 rings (SSSR count). The average molecular weight is 288 g/mol. The Balaban J connectivity index is 1.82. The van der Waals surface area contributed by atoms with Crippen LogP contribution in [0.2, 0.25) is 0 Å². The lowest BCUT2D eigenvalue weighted by molar-refractivity contribution is -0.00273. The highest BCUT2D eigenvalue weighted by molar-refractivity contribution is 5.56. The fraction of sp³-hybridized carbons (Fsp3) is 0.667. The van der Waals surface area contributed by atoms with Crippen molar-refractivity contribution in [1.29, 1.82) is 0 Å². The predicted molar refractivity (Wildman–Crippen MR) is 87.9 cm³/mol. The van der Waals surface area contributed by atoms with Crippen molar-refractivity contribution in [3.63, 3.8) is 0 Å². The summed E-state index contributed by atoms with van der Waals surface area (Å²) in [6.45, 7) is 7.50. The largest absolute Gasteiger partial charge is 0.381 e. The number of hydrogen-bond donors (Lipinski definition) is 1. The lowest BCUT2D eigenvalue weighted by Crippen LogP contribution is -2.50. The van der Waals surface area contributed by atoms with Crippen LogP contribution in [0, 0.1) is 11.3 Å². The molecule has 0 amide bonds. The van der Waals surface area contributed by atoms with Gasteiger partial charge in [-0.1, -0.05) is 25.1 Å². The molecule has 2 heterocycles. The highest BCUT2D eigenvalue weighted by atomic mass is 16.5. The lowest BCUT2D eigenvalue weighted by Gasteiger charge is -2.44. The van der Waals surface area contributed by atoms with Crippen molar-refractivity contribution < 1.29 is 4.74 Å². The molecule has 1 N–H and O–H groups in total. The van der Waals surface area contributed by atoms with Gasteiger partial charge in [-0.3, -0.25) is 0 Å². The maximum atomic E-state index is 5.83. The van der Waals surface area contributed by atoms with Crippen LogP contribution in [0.1, 0.15) is 25.3 Å². The molecule has 0 bridgehead atoms. The number of rotatable bonds is 4. The summed E-state index contributed by atoms with van der Waals surface area (Å²) in [5, 5.41) is 3.40. The Morgan fingerprint density at radius 2 is 2.24 bits per heavy atom. The van der Waals surface area contributed by atoms with E-state index in [4.69, 9.17) is 4.74 Å². The monoisotopic (exact) mass is 288 g/mol. The van der Waals surface area contributed by atoms with Crippen LogP contribution in [0.25, 0.3) is 0 Å². The van der Waals surface area contributed by atoms with E-state index in [-0.39, 0.29) is 5.41 Å². The zero-order chi connectivity index (χ0) is 14.7. The van der Waals surface area contributed by atoms with Crippen LogP contribution in [0.3, 0.4) is 0 Å². The van der Waals surface area contributed by atoms with E-state index in [1.807, 2.05) is 0 Å². The van der Waals surface area contributed by atoms with Crippen LogP contribution < -0.4 is 10.2 Å². The minimum atomic E-state index is 0.261. The first-order chi connectivity index (χ1) is 10.2. The first-order valence-corrected chi connectivity index (χ1v) is 8.28. The van der Waals surface area contributed by atoms with Crippen molar-refractivity contribution in [1.82, 2.24) is 5.32 Å². The molecule has 2 aliphatic heterocycles. The Labute approximate surface area is 128 Å². The van der Waals surface area contributed by atoms with Crippen molar-refractivity contribution >= 4 is 5.69 Å². The normalized spacial score (nSPS) is 29.2. The summed E-state index contributed by atoms with van der Waals surface area (Å²) in [4.78, 5) is 2.61. The molecule has 0 spiro atoms. The standard InChI is InChI=1S/C18H28N2O/c1-15-10-16-6-3-4-7-17(16)20(11-15)13-18(12-19-2)8-5-9-21-14-18/h3-4,6-7,15,19H,5,8-14H2,1-2H3. The number of benzene rings is 1. The van der Waals surface area contributed by atoms with E-state index in [9.17, 15) is 0 Å². The minimum Gasteiger partial charge on any atom is -0.381 e. The molecule has 1 aromatic carbocycles. The third-order valence-electron chi connectivity index (χ3n) is 4.91. The van der Waals surface area contributed by atoms with Gasteiger partial charge in [0.05, 0.1) is 6.61 Å². The summed E-state index contributed by atoms with van der Waals surface area (Å²) in [7, 11) is 2.06. The second-order valence-electron chi connectivity index (χ2n) is 7.01. The Bertz CT molecular complexity index is 463. The molecule has 0 aliphatic carbocycles. The van der Waals surface area contributed by atoms with Crippen molar-refractivity contribution in [2.75, 3.05) is 44.8 Å². The Morgan fingerprint density at radius 1 is 1.38 bits per heavy atom. The van der Waals surface area contributed by atoms with Gasteiger partial charge in [0, 0.05) is 37.3 Å². The molecule has 0 radical (unpaired) electrons. The second kappa shape index (κ2) is 6.37. The predicted octanol–water partition coefficient (Wildman–Crippen LogP) is 2.70. The van der Waals surface area contributed by atoms with Gasteiger partial charge < -0.3 is 15.0 Å². The van der Waals surface area contributed by atoms with Crippen LogP contribution >= 0.6 is 0 Å². The maximum Gasteiger partial charge on any atom is 0.0551 e. The van der Waals surface area contributed by atoms with Gasteiger partial charge in [0.25, 0.3) is 0 Å². The summed E-state index contributed by atoms with van der Waals surface area (Å²) >= 11 is 0. The third-order valence-corrected chi connectivity index (χ3v) is 4.91. The third kappa shape index (κ3) is 3.24. The number of nitrogens with zero attached hydrogens (tertiary/aromatic N) is 1. The van der Waals surface area contributed by atoms with E-state index in [2.05, 4.69) is 48.5 Å².